The van der Waals surface area contributed by atoms with Crippen LogP contribution < -0.4 is 4.90 Å². The van der Waals surface area contributed by atoms with Crippen LogP contribution in [0.5, 0.6) is 0 Å². The third kappa shape index (κ3) is 3.99. The first-order chi connectivity index (χ1) is 15.8. The molecule has 1 aliphatic heterocycles. The molecule has 1 fully saturated rings. The highest BCUT2D eigenvalue weighted by atomic mass is 32.1. The normalized spacial score (nSPS) is 16.4. The molecular weight excluding hydrogens is 455 g/mol. The molecule has 0 spiro atoms. The summed E-state index contributed by atoms with van der Waals surface area (Å²) in [6, 6.07) is 3.53. The quantitative estimate of drug-likeness (QED) is 0.395. The summed E-state index contributed by atoms with van der Waals surface area (Å²) < 4.78 is 42.9. The Morgan fingerprint density at radius 3 is 2.85 bits per heavy atom. The number of carbonyl (C=O) groups excluding carboxylic acids is 1. The van der Waals surface area contributed by atoms with Crippen LogP contribution in [0, 0.1) is 6.92 Å². The molecule has 0 radical (unpaired) electrons. The van der Waals surface area contributed by atoms with Gasteiger partial charge in [-0.15, -0.1) is 16.4 Å². The molecule has 4 aromatic heterocycles. The van der Waals surface area contributed by atoms with Crippen molar-refractivity contribution in [2.45, 2.75) is 32.4 Å². The Hall–Kier alpha value is -3.28. The van der Waals surface area contributed by atoms with Crippen molar-refractivity contribution in [3.05, 3.63) is 46.4 Å². The number of nitrogens with zero attached hydrogens (tertiary/aromatic N) is 7. The van der Waals surface area contributed by atoms with Gasteiger partial charge < -0.3 is 4.90 Å². The van der Waals surface area contributed by atoms with E-state index in [0.29, 0.717) is 51.3 Å². The number of Topliss-reactive ketones (excluding diaryl/α,β-unsaturated/α-hetero) is 1. The molecule has 12 heteroatoms. The van der Waals surface area contributed by atoms with Crippen molar-refractivity contribution in [1.82, 2.24) is 29.4 Å². The molecule has 1 saturated heterocycles. The number of thiazole rings is 1. The molecule has 0 amide bonds. The van der Waals surface area contributed by atoms with E-state index in [0.717, 1.165) is 11.3 Å². The fraction of sp³-hybridized carbons (Fsp3) is 0.381. The second kappa shape index (κ2) is 8.25. The molecule has 0 bridgehead atoms. The van der Waals surface area contributed by atoms with Crippen molar-refractivity contribution in [3.8, 4) is 10.6 Å². The Bertz CT molecular complexity index is 1350. The number of pyridine rings is 1. The summed E-state index contributed by atoms with van der Waals surface area (Å²) >= 11 is 1.11. The van der Waals surface area contributed by atoms with Gasteiger partial charge in [0.1, 0.15) is 22.6 Å². The van der Waals surface area contributed by atoms with E-state index >= 15 is 0 Å². The molecule has 5 rings (SSSR count). The zero-order chi connectivity index (χ0) is 23.3. The zero-order valence-corrected chi connectivity index (χ0v) is 18.7. The Kier molecular flexibility index (Phi) is 5.39. The van der Waals surface area contributed by atoms with E-state index in [-0.39, 0.29) is 24.4 Å². The molecule has 0 N–H and O–H groups in total. The van der Waals surface area contributed by atoms with Crippen molar-refractivity contribution in [2.24, 2.45) is 7.05 Å². The third-order valence-electron chi connectivity index (χ3n) is 5.64. The van der Waals surface area contributed by atoms with Gasteiger partial charge in [-0.1, -0.05) is 0 Å². The number of ketones is 1. The summed E-state index contributed by atoms with van der Waals surface area (Å²) in [6.07, 6.45) is 0.148. The summed E-state index contributed by atoms with van der Waals surface area (Å²) in [5.41, 5.74) is 1.73. The van der Waals surface area contributed by atoms with E-state index in [2.05, 4.69) is 20.2 Å². The summed E-state index contributed by atoms with van der Waals surface area (Å²) in [7, 11) is 1.63. The van der Waals surface area contributed by atoms with Gasteiger partial charge in [-0.05, 0) is 31.0 Å². The summed E-state index contributed by atoms with van der Waals surface area (Å²) in [4.78, 5) is 23.9. The minimum absolute atomic E-state index is 0.0631. The number of carbonyl (C=O) groups is 1. The smallest absolute Gasteiger partial charge is 0.281 e. The van der Waals surface area contributed by atoms with Gasteiger partial charge in [-0.25, -0.2) is 22.7 Å². The lowest BCUT2D eigenvalue weighted by molar-refractivity contribution is 0.0984. The summed E-state index contributed by atoms with van der Waals surface area (Å²) in [5, 5.41) is 8.89. The van der Waals surface area contributed by atoms with E-state index in [9.17, 15) is 18.0 Å². The monoisotopic (exact) mass is 475 g/mol. The number of hydrogen-bond donors (Lipinski definition) is 0. The van der Waals surface area contributed by atoms with Gasteiger partial charge in [0.2, 0.25) is 5.95 Å². The number of aromatic nitrogens is 6. The van der Waals surface area contributed by atoms with Crippen LogP contribution in [0.15, 0.2) is 24.5 Å². The highest BCUT2D eigenvalue weighted by Gasteiger charge is 2.26. The molecule has 0 unspecified atom stereocenters. The van der Waals surface area contributed by atoms with Crippen LogP contribution in [0.25, 0.3) is 16.2 Å². The van der Waals surface area contributed by atoms with Crippen LogP contribution in [0.1, 0.15) is 39.5 Å². The van der Waals surface area contributed by atoms with E-state index in [1.165, 1.54) is 10.9 Å². The second-order valence-corrected chi connectivity index (χ2v) is 9.18. The number of fused-ring (bicyclic) bond motifs is 1. The Morgan fingerprint density at radius 1 is 1.33 bits per heavy atom. The van der Waals surface area contributed by atoms with Crippen molar-refractivity contribution >= 4 is 28.7 Å². The Morgan fingerprint density at radius 2 is 2.15 bits per heavy atom. The van der Waals surface area contributed by atoms with E-state index in [1.807, 2.05) is 0 Å². The first kappa shape index (κ1) is 21.6. The molecular formula is C21H20F3N7OS. The number of anilines is 1. The van der Waals surface area contributed by atoms with Gasteiger partial charge in [0.05, 0.1) is 18.3 Å². The highest BCUT2D eigenvalue weighted by molar-refractivity contribution is 7.15. The predicted octanol–water partition coefficient (Wildman–Crippen LogP) is 3.81. The van der Waals surface area contributed by atoms with Crippen LogP contribution in [0.4, 0.5) is 19.1 Å². The molecule has 0 saturated carbocycles. The minimum Gasteiger partial charge on any atom is -0.336 e. The van der Waals surface area contributed by atoms with E-state index < -0.39 is 12.6 Å². The molecule has 1 atom stereocenters. The van der Waals surface area contributed by atoms with Gasteiger partial charge in [0.15, 0.2) is 11.4 Å². The van der Waals surface area contributed by atoms with Gasteiger partial charge in [0, 0.05) is 31.1 Å². The van der Waals surface area contributed by atoms with Crippen LogP contribution in [-0.2, 0) is 13.5 Å². The fourth-order valence-electron chi connectivity index (χ4n) is 3.97. The Labute approximate surface area is 190 Å². The Balaban J connectivity index is 1.41. The zero-order valence-electron chi connectivity index (χ0n) is 17.9. The number of rotatable bonds is 6. The molecule has 8 nitrogen and oxygen atoms in total. The maximum atomic E-state index is 13.5. The van der Waals surface area contributed by atoms with Crippen molar-refractivity contribution in [2.75, 3.05) is 18.0 Å². The first-order valence-corrected chi connectivity index (χ1v) is 11.2. The maximum Gasteiger partial charge on any atom is 0.281 e. The average Bonchev–Trinajstić information content (AvgIpc) is 3.53. The van der Waals surface area contributed by atoms with E-state index in [4.69, 9.17) is 0 Å². The molecule has 5 heterocycles. The van der Waals surface area contributed by atoms with E-state index in [1.54, 1.807) is 41.7 Å². The highest BCUT2D eigenvalue weighted by Crippen LogP contribution is 2.34. The number of halogens is 3. The third-order valence-corrected chi connectivity index (χ3v) is 6.66. The van der Waals surface area contributed by atoms with Crippen LogP contribution in [0.2, 0.25) is 0 Å². The fourth-order valence-corrected chi connectivity index (χ4v) is 4.91. The topological polar surface area (TPSA) is 81.2 Å². The molecule has 0 aliphatic carbocycles. The lowest BCUT2D eigenvalue weighted by Crippen LogP contribution is -2.21. The van der Waals surface area contributed by atoms with Crippen molar-refractivity contribution < 1.29 is 18.0 Å². The lowest BCUT2D eigenvalue weighted by atomic mass is 10.1. The maximum absolute atomic E-state index is 13.5. The minimum atomic E-state index is -2.68. The van der Waals surface area contributed by atoms with Crippen molar-refractivity contribution in [3.63, 3.8) is 0 Å². The largest absolute Gasteiger partial charge is 0.336 e. The summed E-state index contributed by atoms with van der Waals surface area (Å²) in [5.74, 6) is 0.238. The second-order valence-electron chi connectivity index (χ2n) is 7.97. The standard InChI is InChI=1S/C21H20F3N7OS/c1-11-17(19(23)24)27-20(33-11)14-9-25-29(2)18(14)15(32)7-12-3-6-31-16(8-12)26-21(28-31)30-5-4-13(22)10-30/h3,6,8-9,13,19H,4-5,7,10H2,1-2H3/t13-/m1/s1. The molecule has 0 aromatic carbocycles. The number of hydrogen-bond acceptors (Lipinski definition) is 7. The number of aryl methyl sites for hydroxylation is 2. The molecule has 33 heavy (non-hydrogen) atoms. The summed E-state index contributed by atoms with van der Waals surface area (Å²) in [6.45, 7) is 2.42. The van der Waals surface area contributed by atoms with Gasteiger partial charge in [-0.3, -0.25) is 9.48 Å². The molecule has 4 aromatic rings. The van der Waals surface area contributed by atoms with Gasteiger partial charge in [-0.2, -0.15) is 10.1 Å². The van der Waals surface area contributed by atoms with Gasteiger partial charge in [0.25, 0.3) is 6.43 Å². The van der Waals surface area contributed by atoms with Crippen LogP contribution in [-0.4, -0.2) is 54.4 Å². The molecule has 1 aliphatic rings. The van der Waals surface area contributed by atoms with Crippen molar-refractivity contribution in [1.29, 1.82) is 0 Å². The van der Waals surface area contributed by atoms with Crippen LogP contribution in [0.3, 0.4) is 0 Å². The average molecular weight is 476 g/mol. The number of alkyl halides is 3. The molecule has 172 valence electrons. The SMILES string of the molecule is Cc1sc(-c2cnn(C)c2C(=O)Cc2ccn3nc(N4CC[C@@H](F)C4)nc3c2)nc1C(F)F. The van der Waals surface area contributed by atoms with Crippen LogP contribution >= 0.6 is 11.3 Å². The van der Waals surface area contributed by atoms with Gasteiger partial charge >= 0.3 is 0 Å². The lowest BCUT2D eigenvalue weighted by Gasteiger charge is -2.10. The predicted molar refractivity (Wildman–Crippen MR) is 117 cm³/mol. The first-order valence-electron chi connectivity index (χ1n) is 10.4.